The molecule has 0 unspecified atom stereocenters. The highest BCUT2D eigenvalue weighted by molar-refractivity contribution is 5.68. The average Bonchev–Trinajstić information content (AvgIpc) is 2.18. The number of rotatable bonds is 6. The summed E-state index contributed by atoms with van der Waals surface area (Å²) in [5.74, 6) is -0.0471. The van der Waals surface area contributed by atoms with Crippen LogP contribution in [0.5, 0.6) is 0 Å². The van der Waals surface area contributed by atoms with Crippen molar-refractivity contribution in [3.05, 3.63) is 24.4 Å². The fourth-order valence-corrected chi connectivity index (χ4v) is 1.44. The highest BCUT2D eigenvalue weighted by atomic mass is 16.4. The summed E-state index contributed by atoms with van der Waals surface area (Å²) >= 11 is 0. The Balaban J connectivity index is 2.54. The number of anilines is 1. The van der Waals surface area contributed by atoms with Gasteiger partial charge in [0.25, 0.3) is 0 Å². The van der Waals surface area contributed by atoms with E-state index in [-0.39, 0.29) is 12.5 Å². The Hall–Kier alpha value is -1.58. The molecule has 0 fully saturated rings. The van der Waals surface area contributed by atoms with Crippen LogP contribution >= 0.6 is 0 Å². The number of nitrogens with one attached hydrogen (secondary N) is 1. The van der Waals surface area contributed by atoms with E-state index in [4.69, 9.17) is 5.11 Å². The highest BCUT2D eigenvalue weighted by Gasteiger charge is 2.11. The lowest BCUT2D eigenvalue weighted by molar-refractivity contribution is -0.137. The van der Waals surface area contributed by atoms with E-state index in [0.29, 0.717) is 0 Å². The van der Waals surface area contributed by atoms with Crippen LogP contribution in [0.15, 0.2) is 24.4 Å². The molecule has 0 aliphatic heterocycles. The Kier molecular flexibility index (Phi) is 4.60. The summed E-state index contributed by atoms with van der Waals surface area (Å²) in [5.41, 5.74) is 0. The van der Waals surface area contributed by atoms with Gasteiger partial charge in [0.15, 0.2) is 0 Å². The van der Waals surface area contributed by atoms with E-state index in [1.54, 1.807) is 6.20 Å². The van der Waals surface area contributed by atoms with Crippen LogP contribution in [-0.2, 0) is 4.79 Å². The van der Waals surface area contributed by atoms with Gasteiger partial charge in [-0.15, -0.1) is 0 Å². The zero-order chi connectivity index (χ0) is 11.1. The zero-order valence-corrected chi connectivity index (χ0v) is 8.81. The predicted molar refractivity (Wildman–Crippen MR) is 58.8 cm³/mol. The lowest BCUT2D eigenvalue weighted by Crippen LogP contribution is -2.23. The van der Waals surface area contributed by atoms with Gasteiger partial charge in [0.2, 0.25) is 0 Å². The van der Waals surface area contributed by atoms with Crippen molar-refractivity contribution in [2.24, 2.45) is 0 Å². The summed E-state index contributed by atoms with van der Waals surface area (Å²) in [6.45, 7) is 2.04. The van der Waals surface area contributed by atoms with E-state index >= 15 is 0 Å². The van der Waals surface area contributed by atoms with E-state index in [0.717, 1.165) is 18.7 Å². The van der Waals surface area contributed by atoms with E-state index < -0.39 is 5.97 Å². The molecule has 4 nitrogen and oxygen atoms in total. The summed E-state index contributed by atoms with van der Waals surface area (Å²) in [5, 5.41) is 11.8. The van der Waals surface area contributed by atoms with Crippen molar-refractivity contribution in [3.63, 3.8) is 0 Å². The summed E-state index contributed by atoms with van der Waals surface area (Å²) in [6.07, 6.45) is 3.61. The van der Waals surface area contributed by atoms with E-state index in [2.05, 4.69) is 10.3 Å². The number of carboxylic acids is 1. The molecule has 0 aromatic carbocycles. The monoisotopic (exact) mass is 208 g/mol. The van der Waals surface area contributed by atoms with Crippen LogP contribution in [0.1, 0.15) is 26.2 Å². The molecule has 0 saturated carbocycles. The molecule has 15 heavy (non-hydrogen) atoms. The fraction of sp³-hybridized carbons (Fsp3) is 0.455. The van der Waals surface area contributed by atoms with Gasteiger partial charge >= 0.3 is 5.97 Å². The SMILES string of the molecule is CCC[C@@H](CC(=O)O)Nc1ccccn1. The minimum atomic E-state index is -0.781. The topological polar surface area (TPSA) is 62.2 Å². The second kappa shape index (κ2) is 6.01. The van der Waals surface area contributed by atoms with Gasteiger partial charge in [0.05, 0.1) is 6.42 Å². The number of aliphatic carboxylic acids is 1. The first kappa shape index (κ1) is 11.5. The van der Waals surface area contributed by atoms with E-state index in [9.17, 15) is 4.79 Å². The number of carbonyl (C=O) groups is 1. The Morgan fingerprint density at radius 3 is 2.93 bits per heavy atom. The van der Waals surface area contributed by atoms with Gasteiger partial charge in [0, 0.05) is 12.2 Å². The van der Waals surface area contributed by atoms with Gasteiger partial charge in [-0.2, -0.15) is 0 Å². The molecule has 0 spiro atoms. The normalized spacial score (nSPS) is 12.1. The van der Waals surface area contributed by atoms with Crippen LogP contribution in [0, 0.1) is 0 Å². The molecule has 1 aromatic rings. The van der Waals surface area contributed by atoms with Crippen molar-refractivity contribution < 1.29 is 9.90 Å². The molecule has 2 N–H and O–H groups in total. The van der Waals surface area contributed by atoms with Gasteiger partial charge in [-0.1, -0.05) is 19.4 Å². The third-order valence-corrected chi connectivity index (χ3v) is 2.08. The Bertz CT molecular complexity index is 301. The molecule has 1 atom stereocenters. The van der Waals surface area contributed by atoms with Crippen LogP contribution in [0.25, 0.3) is 0 Å². The number of nitrogens with zero attached hydrogens (tertiary/aromatic N) is 1. The first-order valence-electron chi connectivity index (χ1n) is 5.11. The number of hydrogen-bond donors (Lipinski definition) is 2. The first-order valence-corrected chi connectivity index (χ1v) is 5.11. The number of pyridine rings is 1. The summed E-state index contributed by atoms with van der Waals surface area (Å²) in [4.78, 5) is 14.7. The second-order valence-corrected chi connectivity index (χ2v) is 3.44. The summed E-state index contributed by atoms with van der Waals surface area (Å²) < 4.78 is 0. The van der Waals surface area contributed by atoms with Crippen molar-refractivity contribution in [1.29, 1.82) is 0 Å². The van der Waals surface area contributed by atoms with Crippen LogP contribution in [-0.4, -0.2) is 22.1 Å². The first-order chi connectivity index (χ1) is 7.22. The van der Waals surface area contributed by atoms with Crippen LogP contribution in [0.4, 0.5) is 5.82 Å². The molecule has 0 aliphatic rings. The van der Waals surface area contributed by atoms with E-state index in [1.807, 2.05) is 25.1 Å². The van der Waals surface area contributed by atoms with Crippen molar-refractivity contribution in [2.75, 3.05) is 5.32 Å². The molecule has 0 amide bonds. The van der Waals surface area contributed by atoms with Crippen LogP contribution < -0.4 is 5.32 Å². The smallest absolute Gasteiger partial charge is 0.305 e. The van der Waals surface area contributed by atoms with Crippen LogP contribution in [0.2, 0.25) is 0 Å². The molecule has 0 radical (unpaired) electrons. The minimum absolute atomic E-state index is 0.0394. The molecule has 0 aliphatic carbocycles. The molecule has 4 heteroatoms. The van der Waals surface area contributed by atoms with Gasteiger partial charge in [-0.05, 0) is 18.6 Å². The largest absolute Gasteiger partial charge is 0.481 e. The van der Waals surface area contributed by atoms with Crippen molar-refractivity contribution in [2.45, 2.75) is 32.2 Å². The van der Waals surface area contributed by atoms with Crippen molar-refractivity contribution >= 4 is 11.8 Å². The average molecular weight is 208 g/mol. The standard InChI is InChI=1S/C11H16N2O2/c1-2-5-9(8-11(14)15)13-10-6-3-4-7-12-10/h3-4,6-7,9H,2,5,8H2,1H3,(H,12,13)(H,14,15)/t9-/m0/s1. The second-order valence-electron chi connectivity index (χ2n) is 3.44. The molecule has 1 heterocycles. The van der Waals surface area contributed by atoms with E-state index in [1.165, 1.54) is 0 Å². The lowest BCUT2D eigenvalue weighted by atomic mass is 10.1. The molecule has 1 rings (SSSR count). The number of carboxylic acid groups (broad SMARTS) is 1. The maximum absolute atomic E-state index is 10.6. The highest BCUT2D eigenvalue weighted by Crippen LogP contribution is 2.09. The Labute approximate surface area is 89.3 Å². The molecule has 0 bridgehead atoms. The minimum Gasteiger partial charge on any atom is -0.481 e. The molecule has 0 saturated heterocycles. The molecule has 1 aromatic heterocycles. The predicted octanol–water partition coefficient (Wildman–Crippen LogP) is 2.14. The zero-order valence-electron chi connectivity index (χ0n) is 8.81. The van der Waals surface area contributed by atoms with Gasteiger partial charge in [-0.25, -0.2) is 4.98 Å². The molecular weight excluding hydrogens is 192 g/mol. The van der Waals surface area contributed by atoms with Gasteiger partial charge in [-0.3, -0.25) is 4.79 Å². The third kappa shape index (κ3) is 4.44. The molecular formula is C11H16N2O2. The third-order valence-electron chi connectivity index (χ3n) is 2.08. The number of hydrogen-bond acceptors (Lipinski definition) is 3. The van der Waals surface area contributed by atoms with Crippen molar-refractivity contribution in [1.82, 2.24) is 4.98 Å². The summed E-state index contributed by atoms with van der Waals surface area (Å²) in [6, 6.07) is 5.50. The molecule has 82 valence electrons. The Morgan fingerprint density at radius 2 is 2.40 bits per heavy atom. The fourth-order valence-electron chi connectivity index (χ4n) is 1.44. The number of aromatic nitrogens is 1. The Morgan fingerprint density at radius 1 is 1.60 bits per heavy atom. The van der Waals surface area contributed by atoms with Crippen molar-refractivity contribution in [3.8, 4) is 0 Å². The lowest BCUT2D eigenvalue weighted by Gasteiger charge is -2.16. The van der Waals surface area contributed by atoms with Crippen LogP contribution in [0.3, 0.4) is 0 Å². The van der Waals surface area contributed by atoms with Gasteiger partial charge < -0.3 is 10.4 Å². The quantitative estimate of drug-likeness (QED) is 0.751. The maximum atomic E-state index is 10.6. The maximum Gasteiger partial charge on any atom is 0.305 e. The van der Waals surface area contributed by atoms with Gasteiger partial charge in [0.1, 0.15) is 5.82 Å². The summed E-state index contributed by atoms with van der Waals surface area (Å²) in [7, 11) is 0.